The summed E-state index contributed by atoms with van der Waals surface area (Å²) in [7, 11) is 1.52. The van der Waals surface area contributed by atoms with E-state index < -0.39 is 0 Å². The Kier molecular flexibility index (Phi) is 5.45. The summed E-state index contributed by atoms with van der Waals surface area (Å²) >= 11 is 0. The van der Waals surface area contributed by atoms with Gasteiger partial charge in [-0.3, -0.25) is 9.13 Å². The molecule has 162 valence electrons. The zero-order valence-electron chi connectivity index (χ0n) is 18.4. The molecule has 0 saturated heterocycles. The predicted octanol–water partition coefficient (Wildman–Crippen LogP) is 2.70. The smallest absolute Gasteiger partial charge is 0.330 e. The van der Waals surface area contributed by atoms with E-state index in [0.717, 1.165) is 33.6 Å². The number of phenolic OH excluding ortho intramolecular Hbond substituents is 1. The molecular weight excluding hydrogens is 392 g/mol. The second-order valence-electron chi connectivity index (χ2n) is 8.05. The number of nitrogens with zero attached hydrogens (tertiary/aromatic N) is 3. The summed E-state index contributed by atoms with van der Waals surface area (Å²) in [4.78, 5) is 18.3. The van der Waals surface area contributed by atoms with Gasteiger partial charge in [-0.1, -0.05) is 17.7 Å². The summed E-state index contributed by atoms with van der Waals surface area (Å²) in [6.45, 7) is 7.37. The first-order chi connectivity index (χ1) is 14.8. The van der Waals surface area contributed by atoms with E-state index in [9.17, 15) is 9.90 Å². The number of nitrogens with two attached hydrogens (primary N) is 1. The van der Waals surface area contributed by atoms with Crippen molar-refractivity contribution in [3.8, 4) is 22.8 Å². The van der Waals surface area contributed by atoms with Crippen LogP contribution in [0.15, 0.2) is 40.1 Å². The quantitative estimate of drug-likeness (QED) is 0.678. The minimum absolute atomic E-state index is 0.0991. The molecule has 3 aromatic rings. The molecule has 3 N–H and O–H groups in total. The van der Waals surface area contributed by atoms with Crippen molar-refractivity contribution in [2.75, 3.05) is 13.7 Å². The zero-order valence-corrected chi connectivity index (χ0v) is 18.4. The SMILES string of the molecule is COc1cc2c(cc1O)CCn1c-2cc(=Nc2c(C)cc(C)cc2C)n(CCN)c1=O. The van der Waals surface area contributed by atoms with Crippen molar-refractivity contribution in [2.45, 2.75) is 40.3 Å². The van der Waals surface area contributed by atoms with E-state index in [1.165, 1.54) is 12.7 Å². The number of benzene rings is 2. The number of hydrogen-bond acceptors (Lipinski definition) is 5. The number of phenols is 1. The van der Waals surface area contributed by atoms with Crippen molar-refractivity contribution in [1.29, 1.82) is 0 Å². The number of aromatic nitrogens is 2. The third-order valence-electron chi connectivity index (χ3n) is 5.79. The lowest BCUT2D eigenvalue weighted by Gasteiger charge is -2.24. The van der Waals surface area contributed by atoms with Crippen molar-refractivity contribution in [3.63, 3.8) is 0 Å². The first-order valence-electron chi connectivity index (χ1n) is 10.4. The molecule has 0 unspecified atom stereocenters. The average molecular weight is 421 g/mol. The molecule has 1 aliphatic heterocycles. The number of methoxy groups -OCH3 is 1. The third-order valence-corrected chi connectivity index (χ3v) is 5.79. The molecule has 1 aromatic heterocycles. The Labute approximate surface area is 181 Å². The second-order valence-corrected chi connectivity index (χ2v) is 8.05. The van der Waals surface area contributed by atoms with Crippen molar-refractivity contribution in [1.82, 2.24) is 9.13 Å². The van der Waals surface area contributed by atoms with E-state index in [4.69, 9.17) is 15.5 Å². The maximum atomic E-state index is 13.4. The third kappa shape index (κ3) is 3.65. The molecule has 0 aliphatic carbocycles. The van der Waals surface area contributed by atoms with Crippen LogP contribution < -0.4 is 21.6 Å². The molecule has 0 bridgehead atoms. The minimum atomic E-state index is -0.137. The molecule has 0 spiro atoms. The van der Waals surface area contributed by atoms with Crippen LogP contribution in [0.5, 0.6) is 11.5 Å². The Morgan fingerprint density at radius 1 is 1.13 bits per heavy atom. The van der Waals surface area contributed by atoms with Gasteiger partial charge < -0.3 is 15.6 Å². The van der Waals surface area contributed by atoms with Gasteiger partial charge in [0.2, 0.25) is 0 Å². The summed E-state index contributed by atoms with van der Waals surface area (Å²) in [5.74, 6) is 0.476. The van der Waals surface area contributed by atoms with Crippen LogP contribution in [0.1, 0.15) is 22.3 Å². The lowest BCUT2D eigenvalue weighted by molar-refractivity contribution is 0.373. The maximum absolute atomic E-state index is 13.4. The number of aromatic hydroxyl groups is 1. The monoisotopic (exact) mass is 420 g/mol. The standard InChI is InChI=1S/C24H28N4O3/c1-14-9-15(2)23(16(3)10-14)26-22-13-19-18-12-21(31-4)20(29)11-17(18)5-7-27(19)24(30)28(22)8-6-25/h9-13,29H,5-8,25H2,1-4H3. The fourth-order valence-electron chi connectivity index (χ4n) is 4.41. The van der Waals surface area contributed by atoms with Crippen molar-refractivity contribution in [2.24, 2.45) is 10.7 Å². The molecule has 7 nitrogen and oxygen atoms in total. The number of rotatable bonds is 4. The molecule has 0 atom stereocenters. The van der Waals surface area contributed by atoms with Gasteiger partial charge in [-0.05, 0) is 56.0 Å². The van der Waals surface area contributed by atoms with Crippen LogP contribution >= 0.6 is 0 Å². The molecule has 2 aromatic carbocycles. The van der Waals surface area contributed by atoms with E-state index in [1.807, 2.05) is 19.9 Å². The van der Waals surface area contributed by atoms with Gasteiger partial charge in [0, 0.05) is 31.3 Å². The Balaban J connectivity index is 2.04. The highest BCUT2D eigenvalue weighted by atomic mass is 16.5. The summed E-state index contributed by atoms with van der Waals surface area (Å²) in [5, 5.41) is 10.2. The van der Waals surface area contributed by atoms with Gasteiger partial charge in [-0.2, -0.15) is 0 Å². The lowest BCUT2D eigenvalue weighted by atomic mass is 9.97. The molecule has 1 aliphatic rings. The van der Waals surface area contributed by atoms with Crippen molar-refractivity contribution >= 4 is 5.69 Å². The van der Waals surface area contributed by atoms with Crippen LogP contribution in [-0.2, 0) is 19.5 Å². The van der Waals surface area contributed by atoms with Crippen LogP contribution in [0.4, 0.5) is 5.69 Å². The van der Waals surface area contributed by atoms with Gasteiger partial charge in [0.05, 0.1) is 18.5 Å². The van der Waals surface area contributed by atoms with Crippen LogP contribution in [0.3, 0.4) is 0 Å². The van der Waals surface area contributed by atoms with Gasteiger partial charge >= 0.3 is 5.69 Å². The molecule has 31 heavy (non-hydrogen) atoms. The maximum Gasteiger partial charge on any atom is 0.330 e. The summed E-state index contributed by atoms with van der Waals surface area (Å²) < 4.78 is 8.70. The highest BCUT2D eigenvalue weighted by molar-refractivity contribution is 5.70. The van der Waals surface area contributed by atoms with E-state index in [0.29, 0.717) is 37.3 Å². The summed E-state index contributed by atoms with van der Waals surface area (Å²) in [5.41, 5.74) is 13.0. The van der Waals surface area contributed by atoms with E-state index in [-0.39, 0.29) is 11.4 Å². The lowest BCUT2D eigenvalue weighted by Crippen LogP contribution is -2.43. The fourth-order valence-corrected chi connectivity index (χ4v) is 4.41. The van der Waals surface area contributed by atoms with Crippen molar-refractivity contribution < 1.29 is 9.84 Å². The van der Waals surface area contributed by atoms with E-state index in [2.05, 4.69) is 19.1 Å². The number of ether oxygens (including phenoxy) is 1. The largest absolute Gasteiger partial charge is 0.504 e. The minimum Gasteiger partial charge on any atom is -0.504 e. The highest BCUT2D eigenvalue weighted by Gasteiger charge is 2.22. The number of aryl methyl sites for hydroxylation is 4. The first-order valence-corrected chi connectivity index (χ1v) is 10.4. The predicted molar refractivity (Wildman–Crippen MR) is 121 cm³/mol. The average Bonchev–Trinajstić information content (AvgIpc) is 2.72. The Morgan fingerprint density at radius 3 is 2.48 bits per heavy atom. The Morgan fingerprint density at radius 2 is 1.84 bits per heavy atom. The first kappa shape index (κ1) is 20.9. The second kappa shape index (κ2) is 8.07. The molecule has 2 heterocycles. The fraction of sp³-hybridized carbons (Fsp3) is 0.333. The molecule has 0 saturated carbocycles. The normalized spacial score (nSPS) is 13.1. The zero-order chi connectivity index (χ0) is 22.3. The Bertz CT molecular complexity index is 1280. The van der Waals surface area contributed by atoms with Gasteiger partial charge in [0.15, 0.2) is 11.5 Å². The van der Waals surface area contributed by atoms with Crippen LogP contribution in [0.25, 0.3) is 11.3 Å². The highest BCUT2D eigenvalue weighted by Crippen LogP contribution is 2.37. The van der Waals surface area contributed by atoms with Crippen molar-refractivity contribution in [3.05, 3.63) is 68.6 Å². The molecule has 0 fully saturated rings. The molecular formula is C24H28N4O3. The van der Waals surface area contributed by atoms with Gasteiger partial charge in [-0.15, -0.1) is 0 Å². The van der Waals surface area contributed by atoms with E-state index >= 15 is 0 Å². The van der Waals surface area contributed by atoms with Gasteiger partial charge in [0.1, 0.15) is 5.49 Å². The molecule has 7 heteroatoms. The van der Waals surface area contributed by atoms with Crippen LogP contribution in [0.2, 0.25) is 0 Å². The van der Waals surface area contributed by atoms with Gasteiger partial charge in [0.25, 0.3) is 0 Å². The number of fused-ring (bicyclic) bond motifs is 3. The molecule has 0 amide bonds. The Hall–Kier alpha value is -3.32. The van der Waals surface area contributed by atoms with Crippen LogP contribution in [0, 0.1) is 20.8 Å². The van der Waals surface area contributed by atoms with E-state index in [1.54, 1.807) is 21.3 Å². The number of hydrogen-bond donors (Lipinski definition) is 2. The summed E-state index contributed by atoms with van der Waals surface area (Å²) in [6.07, 6.45) is 0.648. The van der Waals surface area contributed by atoms with Gasteiger partial charge in [-0.25, -0.2) is 9.79 Å². The topological polar surface area (TPSA) is 94.8 Å². The summed E-state index contributed by atoms with van der Waals surface area (Å²) in [6, 6.07) is 9.62. The molecule has 4 rings (SSSR count). The van der Waals surface area contributed by atoms with Crippen LogP contribution in [-0.4, -0.2) is 27.9 Å². The molecule has 0 radical (unpaired) electrons.